The highest BCUT2D eigenvalue weighted by atomic mass is 16.1. The van der Waals surface area contributed by atoms with Crippen molar-refractivity contribution in [1.82, 2.24) is 0 Å². The molecule has 0 heterocycles. The molecule has 0 saturated heterocycles. The maximum absolute atomic E-state index is 10.0. The third-order valence-electron chi connectivity index (χ3n) is 2.28. The molecule has 2 nitrogen and oxygen atoms in total. The van der Waals surface area contributed by atoms with Gasteiger partial charge >= 0.3 is 0 Å². The van der Waals surface area contributed by atoms with Crippen LogP contribution in [0.2, 0.25) is 0 Å². The number of benzene rings is 2. The van der Waals surface area contributed by atoms with Crippen LogP contribution in [0.5, 0.6) is 0 Å². The fraction of sp³-hybridized carbons (Fsp3) is 0. The number of fused-ring (bicyclic) bond motifs is 1. The predicted octanol–water partition coefficient (Wildman–Crippen LogP) is 2.98. The highest BCUT2D eigenvalue weighted by Gasteiger charge is 2.12. The van der Waals surface area contributed by atoms with Gasteiger partial charge in [0.2, 0.25) is 0 Å². The minimum atomic E-state index is 0.729. The number of hydrogen-bond acceptors (Lipinski definition) is 2. The minimum absolute atomic E-state index is 0.729. The molecule has 0 bridgehead atoms. The predicted molar refractivity (Wildman–Crippen MR) is 62.7 cm³/mol. The average molecular weight is 210 g/mol. The second kappa shape index (κ2) is 4.53. The van der Waals surface area contributed by atoms with Crippen LogP contribution in [-0.2, 0) is 0 Å². The van der Waals surface area contributed by atoms with Crippen LogP contribution in [0, 0.1) is 0 Å². The Hall–Kier alpha value is -2.22. The molecule has 0 atom stereocenters. The van der Waals surface area contributed by atoms with E-state index in [1.807, 2.05) is 36.4 Å². The molecule has 0 fully saturated rings. The van der Waals surface area contributed by atoms with Crippen molar-refractivity contribution in [2.45, 2.75) is 0 Å². The van der Waals surface area contributed by atoms with Gasteiger partial charge in [-0.1, -0.05) is 30.3 Å². The first kappa shape index (κ1) is 10.3. The molecule has 2 heteroatoms. The Morgan fingerprint density at radius 2 is 1.25 bits per heavy atom. The number of aldehydes is 2. The molecule has 0 unspecified atom stereocenters. The summed E-state index contributed by atoms with van der Waals surface area (Å²) in [4.78, 5) is 20.0. The molecule has 1 aromatic rings. The van der Waals surface area contributed by atoms with Crippen molar-refractivity contribution in [1.29, 1.82) is 0 Å². The number of carbonyl (C=O) groups excluding carboxylic acids is 2. The summed E-state index contributed by atoms with van der Waals surface area (Å²) in [6.45, 7) is 0. The van der Waals surface area contributed by atoms with Crippen molar-refractivity contribution >= 4 is 12.6 Å². The van der Waals surface area contributed by atoms with E-state index in [0.29, 0.717) is 0 Å². The van der Waals surface area contributed by atoms with Gasteiger partial charge in [-0.25, -0.2) is 0 Å². The summed E-state index contributed by atoms with van der Waals surface area (Å²) in [5.41, 5.74) is 3.99. The summed E-state index contributed by atoms with van der Waals surface area (Å²) in [5.74, 6) is 0. The van der Waals surface area contributed by atoms with Gasteiger partial charge in [0.25, 0.3) is 0 Å². The molecule has 0 spiro atoms. The lowest BCUT2D eigenvalue weighted by Gasteiger charge is -1.81. The summed E-state index contributed by atoms with van der Waals surface area (Å²) in [6, 6.07) is 14.9. The average Bonchev–Trinajstić information content (AvgIpc) is 2.98. The monoisotopic (exact) mass is 210 g/mol. The molecular formula is C14H10O2. The Bertz CT molecular complexity index is 489. The van der Waals surface area contributed by atoms with Crippen molar-refractivity contribution in [2.24, 2.45) is 0 Å². The molecule has 16 heavy (non-hydrogen) atoms. The van der Waals surface area contributed by atoms with Crippen LogP contribution in [0.3, 0.4) is 0 Å². The molecular weight excluding hydrogens is 200 g/mol. The van der Waals surface area contributed by atoms with Crippen molar-refractivity contribution in [3.63, 3.8) is 0 Å². The van der Waals surface area contributed by atoms with Gasteiger partial charge in [0.1, 0.15) is 12.6 Å². The number of carbonyl (C=O) groups is 2. The van der Waals surface area contributed by atoms with Crippen LogP contribution < -0.4 is 0 Å². The normalized spacial score (nSPS) is 9.75. The Balaban J connectivity index is 0.000000120. The van der Waals surface area contributed by atoms with Crippen LogP contribution in [0.25, 0.3) is 11.1 Å². The first-order valence-corrected chi connectivity index (χ1v) is 4.94. The fourth-order valence-electron chi connectivity index (χ4n) is 1.38. The second-order valence-electron chi connectivity index (χ2n) is 3.49. The van der Waals surface area contributed by atoms with Gasteiger partial charge in [0, 0.05) is 11.1 Å². The molecule has 0 amide bonds. The number of hydrogen-bond donors (Lipinski definition) is 0. The highest BCUT2D eigenvalue weighted by molar-refractivity contribution is 5.91. The topological polar surface area (TPSA) is 34.1 Å². The van der Waals surface area contributed by atoms with Crippen molar-refractivity contribution in [2.75, 3.05) is 0 Å². The molecule has 2 aliphatic rings. The molecule has 0 saturated carbocycles. The lowest BCUT2D eigenvalue weighted by molar-refractivity contribution is 0.111. The van der Waals surface area contributed by atoms with Gasteiger partial charge in [0.05, 0.1) is 0 Å². The zero-order valence-electron chi connectivity index (χ0n) is 8.59. The van der Waals surface area contributed by atoms with Crippen LogP contribution in [0.1, 0.15) is 20.7 Å². The highest BCUT2D eigenvalue weighted by Crippen LogP contribution is 2.35. The summed E-state index contributed by atoms with van der Waals surface area (Å²) in [5, 5.41) is 0. The van der Waals surface area contributed by atoms with E-state index in [1.54, 1.807) is 12.1 Å². The van der Waals surface area contributed by atoms with Crippen LogP contribution in [-0.4, -0.2) is 12.6 Å². The maximum Gasteiger partial charge on any atom is 0.150 e. The van der Waals surface area contributed by atoms with Crippen LogP contribution in [0.4, 0.5) is 0 Å². The maximum atomic E-state index is 10.0. The van der Waals surface area contributed by atoms with Crippen molar-refractivity contribution in [3.8, 4) is 11.1 Å². The molecule has 78 valence electrons. The van der Waals surface area contributed by atoms with Crippen molar-refractivity contribution < 1.29 is 9.59 Å². The van der Waals surface area contributed by atoms with E-state index in [4.69, 9.17) is 0 Å². The van der Waals surface area contributed by atoms with E-state index in [2.05, 4.69) is 0 Å². The first-order valence-electron chi connectivity index (χ1n) is 4.94. The van der Waals surface area contributed by atoms with Crippen LogP contribution >= 0.6 is 0 Å². The third kappa shape index (κ3) is 2.42. The molecule has 0 aliphatic heterocycles. The van der Waals surface area contributed by atoms with E-state index in [9.17, 15) is 9.59 Å². The largest absolute Gasteiger partial charge is 0.298 e. The molecule has 0 N–H and O–H groups in total. The van der Waals surface area contributed by atoms with E-state index < -0.39 is 0 Å². The Morgan fingerprint density at radius 3 is 1.62 bits per heavy atom. The van der Waals surface area contributed by atoms with Crippen molar-refractivity contribution in [3.05, 3.63) is 59.7 Å². The van der Waals surface area contributed by atoms with E-state index in [1.165, 1.54) is 11.1 Å². The minimum Gasteiger partial charge on any atom is -0.298 e. The van der Waals surface area contributed by atoms with E-state index >= 15 is 0 Å². The Labute approximate surface area is 93.5 Å². The quantitative estimate of drug-likeness (QED) is 0.609. The smallest absolute Gasteiger partial charge is 0.150 e. The Morgan fingerprint density at radius 1 is 0.688 bits per heavy atom. The summed E-state index contributed by atoms with van der Waals surface area (Å²) >= 11 is 0. The van der Waals surface area contributed by atoms with Gasteiger partial charge < -0.3 is 0 Å². The van der Waals surface area contributed by atoms with E-state index in [0.717, 1.165) is 23.7 Å². The standard InChI is InChI=1S/C7H4O.C7H6O/c8-4-5-1-6-3-7(6)2-5;8-6-7-4-2-1-3-5-7/h1-4H;1-6H. The van der Waals surface area contributed by atoms with Gasteiger partial charge in [-0.3, -0.25) is 9.59 Å². The molecule has 0 radical (unpaired) electrons. The SMILES string of the molecule is O=Cc1cc2cc-2c1.O=Cc1ccccc1. The van der Waals surface area contributed by atoms with Gasteiger partial charge in [0.15, 0.2) is 0 Å². The molecule has 2 aliphatic carbocycles. The third-order valence-corrected chi connectivity index (χ3v) is 2.28. The zero-order chi connectivity index (χ0) is 11.4. The van der Waals surface area contributed by atoms with Gasteiger partial charge in [-0.15, -0.1) is 0 Å². The summed E-state index contributed by atoms with van der Waals surface area (Å²) < 4.78 is 0. The fourth-order valence-corrected chi connectivity index (χ4v) is 1.38. The van der Waals surface area contributed by atoms with Crippen LogP contribution in [0.15, 0.2) is 48.5 Å². The second-order valence-corrected chi connectivity index (χ2v) is 3.49. The molecule has 1 aromatic carbocycles. The summed E-state index contributed by atoms with van der Waals surface area (Å²) in [7, 11) is 0. The number of rotatable bonds is 2. The van der Waals surface area contributed by atoms with Gasteiger partial charge in [-0.2, -0.15) is 0 Å². The van der Waals surface area contributed by atoms with Gasteiger partial charge in [-0.05, 0) is 29.3 Å². The first-order chi connectivity index (χ1) is 7.83. The Kier molecular flexibility index (Phi) is 2.92. The zero-order valence-corrected chi connectivity index (χ0v) is 8.59. The molecule has 3 rings (SSSR count). The lowest BCUT2D eigenvalue weighted by atomic mass is 10.2. The lowest BCUT2D eigenvalue weighted by Crippen LogP contribution is -1.73. The summed E-state index contributed by atoms with van der Waals surface area (Å²) in [6.07, 6.45) is 1.71. The van der Waals surface area contributed by atoms with E-state index in [-0.39, 0.29) is 0 Å². The molecule has 0 aromatic heterocycles.